The van der Waals surface area contributed by atoms with Crippen molar-refractivity contribution in [2.24, 2.45) is 0 Å². The monoisotopic (exact) mass is 399 g/mol. The zero-order valence-corrected chi connectivity index (χ0v) is 16.3. The normalized spacial score (nSPS) is 16.0. The van der Waals surface area contributed by atoms with Crippen LogP contribution in [-0.2, 0) is 4.79 Å². The lowest BCUT2D eigenvalue weighted by Crippen LogP contribution is -2.46. The van der Waals surface area contributed by atoms with E-state index in [4.69, 9.17) is 9.47 Å². The number of halogens is 1. The van der Waals surface area contributed by atoms with Crippen LogP contribution in [0.4, 0.5) is 14.9 Å². The Balaban J connectivity index is 1.95. The van der Waals surface area contributed by atoms with E-state index in [2.05, 4.69) is 16.0 Å². The van der Waals surface area contributed by atoms with Gasteiger partial charge in [0.25, 0.3) is 5.91 Å². The first-order chi connectivity index (χ1) is 13.9. The van der Waals surface area contributed by atoms with Gasteiger partial charge in [0.2, 0.25) is 0 Å². The molecule has 0 saturated heterocycles. The fourth-order valence-electron chi connectivity index (χ4n) is 3.12. The average Bonchev–Trinajstić information content (AvgIpc) is 2.69. The highest BCUT2D eigenvalue weighted by Gasteiger charge is 2.31. The van der Waals surface area contributed by atoms with Crippen LogP contribution < -0.4 is 25.4 Å². The lowest BCUT2D eigenvalue weighted by molar-refractivity contribution is -0.113. The fourth-order valence-corrected chi connectivity index (χ4v) is 3.12. The topological polar surface area (TPSA) is 88.7 Å². The largest absolute Gasteiger partial charge is 0.493 e. The minimum atomic E-state index is -0.700. The predicted molar refractivity (Wildman–Crippen MR) is 106 cm³/mol. The van der Waals surface area contributed by atoms with Crippen LogP contribution in [-0.4, -0.2) is 25.7 Å². The Kier molecular flexibility index (Phi) is 6.01. The number of hydrogen-bond acceptors (Lipinski definition) is 4. The van der Waals surface area contributed by atoms with Gasteiger partial charge in [-0.15, -0.1) is 0 Å². The van der Waals surface area contributed by atoms with Gasteiger partial charge in [-0.2, -0.15) is 0 Å². The molecule has 1 unspecified atom stereocenters. The van der Waals surface area contributed by atoms with E-state index in [-0.39, 0.29) is 0 Å². The summed E-state index contributed by atoms with van der Waals surface area (Å²) in [5.41, 5.74) is 1.85. The van der Waals surface area contributed by atoms with E-state index in [9.17, 15) is 14.0 Å². The fraction of sp³-hybridized carbons (Fsp3) is 0.238. The molecule has 1 heterocycles. The zero-order chi connectivity index (χ0) is 21.0. The molecule has 152 valence electrons. The summed E-state index contributed by atoms with van der Waals surface area (Å²) in [6.07, 6.45) is 0. The molecule has 1 aliphatic rings. The number of allylic oxidation sites excluding steroid dienone is 1. The van der Waals surface area contributed by atoms with E-state index in [1.807, 2.05) is 6.92 Å². The predicted octanol–water partition coefficient (Wildman–Crippen LogP) is 3.50. The Morgan fingerprint density at radius 2 is 1.90 bits per heavy atom. The van der Waals surface area contributed by atoms with Crippen LogP contribution in [0.3, 0.4) is 0 Å². The number of carbonyl (C=O) groups is 2. The molecule has 1 aliphatic heterocycles. The molecule has 0 fully saturated rings. The van der Waals surface area contributed by atoms with Gasteiger partial charge in [-0.05, 0) is 55.8 Å². The molecule has 2 aromatic rings. The molecule has 2 aromatic carbocycles. The van der Waals surface area contributed by atoms with E-state index >= 15 is 0 Å². The maximum atomic E-state index is 13.1. The molecule has 0 saturated carbocycles. The van der Waals surface area contributed by atoms with E-state index in [1.165, 1.54) is 31.4 Å². The highest BCUT2D eigenvalue weighted by Crippen LogP contribution is 2.34. The third kappa shape index (κ3) is 4.48. The summed E-state index contributed by atoms with van der Waals surface area (Å²) in [6.45, 7) is 3.99. The summed E-state index contributed by atoms with van der Waals surface area (Å²) in [5.74, 6) is 0.244. The van der Waals surface area contributed by atoms with Crippen LogP contribution in [0.25, 0.3) is 0 Å². The summed E-state index contributed by atoms with van der Waals surface area (Å²) >= 11 is 0. The minimum absolute atomic E-state index is 0.333. The van der Waals surface area contributed by atoms with Crippen molar-refractivity contribution in [3.8, 4) is 11.5 Å². The number of hydrogen-bond donors (Lipinski definition) is 3. The summed E-state index contributed by atoms with van der Waals surface area (Å²) in [5, 5.41) is 8.12. The number of benzene rings is 2. The van der Waals surface area contributed by atoms with Crippen molar-refractivity contribution in [2.45, 2.75) is 19.9 Å². The number of urea groups is 1. The average molecular weight is 399 g/mol. The number of amides is 3. The third-order valence-electron chi connectivity index (χ3n) is 4.44. The first-order valence-corrected chi connectivity index (χ1v) is 9.08. The minimum Gasteiger partial charge on any atom is -0.493 e. The Hall–Kier alpha value is -3.55. The van der Waals surface area contributed by atoms with Gasteiger partial charge in [0, 0.05) is 11.4 Å². The van der Waals surface area contributed by atoms with E-state index in [1.54, 1.807) is 25.1 Å². The van der Waals surface area contributed by atoms with Gasteiger partial charge in [-0.3, -0.25) is 4.79 Å². The second kappa shape index (κ2) is 8.64. The number of ether oxygens (including phenoxy) is 2. The molecular formula is C21H22FN3O4. The van der Waals surface area contributed by atoms with Gasteiger partial charge >= 0.3 is 6.03 Å². The Morgan fingerprint density at radius 1 is 1.17 bits per heavy atom. The van der Waals surface area contributed by atoms with Crippen molar-refractivity contribution in [1.29, 1.82) is 0 Å². The SMILES string of the molecule is CCOc1ccc(C2NC(=O)NC(C)=C2C(=O)Nc2ccc(F)cc2)cc1OC. The lowest BCUT2D eigenvalue weighted by atomic mass is 9.94. The molecule has 3 N–H and O–H groups in total. The van der Waals surface area contributed by atoms with Crippen LogP contribution in [0.5, 0.6) is 11.5 Å². The van der Waals surface area contributed by atoms with Crippen molar-refractivity contribution in [1.82, 2.24) is 10.6 Å². The van der Waals surface area contributed by atoms with Gasteiger partial charge < -0.3 is 25.4 Å². The van der Waals surface area contributed by atoms with Gasteiger partial charge in [0.1, 0.15) is 5.82 Å². The molecule has 29 heavy (non-hydrogen) atoms. The van der Waals surface area contributed by atoms with E-state index < -0.39 is 23.8 Å². The Bertz CT molecular complexity index is 957. The van der Waals surface area contributed by atoms with Crippen molar-refractivity contribution >= 4 is 17.6 Å². The molecule has 8 heteroatoms. The second-order valence-corrected chi connectivity index (χ2v) is 6.37. The summed E-state index contributed by atoms with van der Waals surface area (Å²) in [6, 6.07) is 9.55. The van der Waals surface area contributed by atoms with Crippen molar-refractivity contribution in [2.75, 3.05) is 19.0 Å². The molecular weight excluding hydrogens is 377 g/mol. The molecule has 0 bridgehead atoms. The summed E-state index contributed by atoms with van der Waals surface area (Å²) in [7, 11) is 1.52. The van der Waals surface area contributed by atoms with E-state index in [0.29, 0.717) is 40.6 Å². The molecule has 7 nitrogen and oxygen atoms in total. The number of methoxy groups -OCH3 is 1. The van der Waals surface area contributed by atoms with Crippen LogP contribution >= 0.6 is 0 Å². The van der Waals surface area contributed by atoms with Gasteiger partial charge in [0.05, 0.1) is 25.3 Å². The lowest BCUT2D eigenvalue weighted by Gasteiger charge is -2.29. The highest BCUT2D eigenvalue weighted by molar-refractivity contribution is 6.06. The van der Waals surface area contributed by atoms with Gasteiger partial charge in [-0.1, -0.05) is 6.07 Å². The zero-order valence-electron chi connectivity index (χ0n) is 16.3. The van der Waals surface area contributed by atoms with Crippen molar-refractivity contribution < 1.29 is 23.5 Å². The van der Waals surface area contributed by atoms with Crippen molar-refractivity contribution in [3.63, 3.8) is 0 Å². The van der Waals surface area contributed by atoms with E-state index in [0.717, 1.165) is 0 Å². The smallest absolute Gasteiger partial charge is 0.319 e. The molecule has 0 aliphatic carbocycles. The van der Waals surface area contributed by atoms with Crippen molar-refractivity contribution in [3.05, 3.63) is 65.1 Å². The van der Waals surface area contributed by atoms with Crippen LogP contribution in [0.15, 0.2) is 53.7 Å². The van der Waals surface area contributed by atoms with Crippen LogP contribution in [0, 0.1) is 5.82 Å². The first kappa shape index (κ1) is 20.2. The quantitative estimate of drug-likeness (QED) is 0.694. The number of anilines is 1. The standard InChI is InChI=1S/C21H22FN3O4/c1-4-29-16-10-5-13(11-17(16)28-3)19-18(12(2)23-21(27)25-19)20(26)24-15-8-6-14(22)7-9-15/h5-11,19H,4H2,1-3H3,(H,24,26)(H2,23,25,27). The Labute approximate surface area is 167 Å². The maximum absolute atomic E-state index is 13.1. The highest BCUT2D eigenvalue weighted by atomic mass is 19.1. The molecule has 1 atom stereocenters. The molecule has 0 spiro atoms. The summed E-state index contributed by atoms with van der Waals surface area (Å²) in [4.78, 5) is 25.0. The Morgan fingerprint density at radius 3 is 2.55 bits per heavy atom. The van der Waals surface area contributed by atoms with Crippen LogP contribution in [0.1, 0.15) is 25.5 Å². The maximum Gasteiger partial charge on any atom is 0.319 e. The van der Waals surface area contributed by atoms with Gasteiger partial charge in [-0.25, -0.2) is 9.18 Å². The summed E-state index contributed by atoms with van der Waals surface area (Å²) < 4.78 is 24.0. The second-order valence-electron chi connectivity index (χ2n) is 6.37. The third-order valence-corrected chi connectivity index (χ3v) is 4.44. The molecule has 0 radical (unpaired) electrons. The number of nitrogens with one attached hydrogen (secondary N) is 3. The number of rotatable bonds is 6. The molecule has 0 aromatic heterocycles. The molecule has 3 rings (SSSR count). The number of carbonyl (C=O) groups excluding carboxylic acids is 2. The van der Waals surface area contributed by atoms with Gasteiger partial charge in [0.15, 0.2) is 11.5 Å². The first-order valence-electron chi connectivity index (χ1n) is 9.08. The van der Waals surface area contributed by atoms with Crippen LogP contribution in [0.2, 0.25) is 0 Å². The molecule has 3 amide bonds.